The van der Waals surface area contributed by atoms with E-state index >= 15 is 0 Å². The molecule has 0 saturated carbocycles. The Kier molecular flexibility index (Phi) is 7.30. The number of aliphatic hydroxyl groups is 2. The summed E-state index contributed by atoms with van der Waals surface area (Å²) in [4.78, 5) is 1.23. The SMILES string of the molecule is OCCCCCCSc1cccc(CO)c1. The van der Waals surface area contributed by atoms with E-state index in [-0.39, 0.29) is 6.61 Å². The highest BCUT2D eigenvalue weighted by atomic mass is 32.2. The van der Waals surface area contributed by atoms with E-state index in [4.69, 9.17) is 10.2 Å². The molecule has 0 atom stereocenters. The Morgan fingerprint density at radius 3 is 2.56 bits per heavy atom. The summed E-state index contributed by atoms with van der Waals surface area (Å²) in [5.41, 5.74) is 0.977. The molecule has 0 spiro atoms. The molecule has 16 heavy (non-hydrogen) atoms. The largest absolute Gasteiger partial charge is 0.396 e. The van der Waals surface area contributed by atoms with Crippen molar-refractivity contribution in [1.82, 2.24) is 0 Å². The van der Waals surface area contributed by atoms with Crippen LogP contribution in [0.4, 0.5) is 0 Å². The molecule has 0 amide bonds. The summed E-state index contributed by atoms with van der Waals surface area (Å²) < 4.78 is 0. The predicted octanol–water partition coefficient (Wildman–Crippen LogP) is 2.82. The maximum Gasteiger partial charge on any atom is 0.0682 e. The highest BCUT2D eigenvalue weighted by molar-refractivity contribution is 7.99. The van der Waals surface area contributed by atoms with Crippen molar-refractivity contribution in [3.8, 4) is 0 Å². The van der Waals surface area contributed by atoms with Gasteiger partial charge in [-0.1, -0.05) is 25.0 Å². The van der Waals surface area contributed by atoms with E-state index in [1.807, 2.05) is 30.0 Å². The third kappa shape index (κ3) is 5.54. The number of hydrogen-bond donors (Lipinski definition) is 2. The van der Waals surface area contributed by atoms with Crippen molar-refractivity contribution in [2.45, 2.75) is 37.2 Å². The van der Waals surface area contributed by atoms with Crippen LogP contribution in [0.15, 0.2) is 29.2 Å². The van der Waals surface area contributed by atoms with Crippen LogP contribution < -0.4 is 0 Å². The third-order valence-electron chi connectivity index (χ3n) is 2.40. The molecule has 90 valence electrons. The van der Waals surface area contributed by atoms with E-state index < -0.39 is 0 Å². The average molecular weight is 240 g/mol. The van der Waals surface area contributed by atoms with Gasteiger partial charge in [-0.3, -0.25) is 0 Å². The van der Waals surface area contributed by atoms with Gasteiger partial charge in [0.05, 0.1) is 6.61 Å². The van der Waals surface area contributed by atoms with Crippen molar-refractivity contribution >= 4 is 11.8 Å². The number of benzene rings is 1. The number of thioether (sulfide) groups is 1. The van der Waals surface area contributed by atoms with Crippen LogP contribution in [-0.2, 0) is 6.61 Å². The molecule has 0 aliphatic rings. The van der Waals surface area contributed by atoms with Gasteiger partial charge in [-0.2, -0.15) is 0 Å². The lowest BCUT2D eigenvalue weighted by atomic mass is 10.2. The van der Waals surface area contributed by atoms with Gasteiger partial charge in [-0.15, -0.1) is 11.8 Å². The first-order valence-electron chi connectivity index (χ1n) is 5.80. The minimum Gasteiger partial charge on any atom is -0.396 e. The number of hydrogen-bond acceptors (Lipinski definition) is 3. The summed E-state index contributed by atoms with van der Waals surface area (Å²) in [6.45, 7) is 0.427. The normalized spacial score (nSPS) is 10.6. The van der Waals surface area contributed by atoms with Gasteiger partial charge >= 0.3 is 0 Å². The molecule has 1 rings (SSSR count). The molecule has 3 heteroatoms. The maximum atomic E-state index is 9.00. The third-order valence-corrected chi connectivity index (χ3v) is 3.48. The van der Waals surface area contributed by atoms with Crippen LogP contribution in [0.1, 0.15) is 31.2 Å². The van der Waals surface area contributed by atoms with Gasteiger partial charge in [0, 0.05) is 11.5 Å². The summed E-state index contributed by atoms with van der Waals surface area (Å²) >= 11 is 1.83. The van der Waals surface area contributed by atoms with Crippen molar-refractivity contribution in [2.75, 3.05) is 12.4 Å². The van der Waals surface area contributed by atoms with Crippen LogP contribution in [0.3, 0.4) is 0 Å². The van der Waals surface area contributed by atoms with Crippen LogP contribution in [-0.4, -0.2) is 22.6 Å². The molecular formula is C13H20O2S. The van der Waals surface area contributed by atoms with Gasteiger partial charge in [-0.25, -0.2) is 0 Å². The summed E-state index contributed by atoms with van der Waals surface area (Å²) in [5, 5.41) is 17.6. The molecule has 2 N–H and O–H groups in total. The van der Waals surface area contributed by atoms with Crippen LogP contribution in [0.2, 0.25) is 0 Å². The summed E-state index contributed by atoms with van der Waals surface area (Å²) in [7, 11) is 0. The molecule has 0 bridgehead atoms. The monoisotopic (exact) mass is 240 g/mol. The highest BCUT2D eigenvalue weighted by Gasteiger charge is 1.96. The molecule has 0 aliphatic carbocycles. The van der Waals surface area contributed by atoms with Gasteiger partial charge in [0.2, 0.25) is 0 Å². The molecule has 1 aromatic rings. The molecular weight excluding hydrogens is 220 g/mol. The first-order valence-corrected chi connectivity index (χ1v) is 6.79. The standard InChI is InChI=1S/C13H20O2S/c14-8-3-1-2-4-9-16-13-7-5-6-12(10-13)11-15/h5-7,10,14-15H,1-4,8-9,11H2. The van der Waals surface area contributed by atoms with Gasteiger partial charge < -0.3 is 10.2 Å². The maximum absolute atomic E-state index is 9.00. The number of aliphatic hydroxyl groups excluding tert-OH is 2. The van der Waals surface area contributed by atoms with Crippen LogP contribution in [0.5, 0.6) is 0 Å². The molecule has 2 nitrogen and oxygen atoms in total. The molecule has 0 fully saturated rings. The first-order chi connectivity index (χ1) is 7.86. The lowest BCUT2D eigenvalue weighted by molar-refractivity contribution is 0.281. The lowest BCUT2D eigenvalue weighted by Gasteiger charge is -2.03. The van der Waals surface area contributed by atoms with Crippen LogP contribution in [0, 0.1) is 0 Å². The number of unbranched alkanes of at least 4 members (excludes halogenated alkanes) is 3. The minimum atomic E-state index is 0.116. The number of rotatable bonds is 8. The minimum absolute atomic E-state index is 0.116. The van der Waals surface area contributed by atoms with Crippen LogP contribution >= 0.6 is 11.8 Å². The fraction of sp³-hybridized carbons (Fsp3) is 0.538. The topological polar surface area (TPSA) is 40.5 Å². The molecule has 0 saturated heterocycles. The van der Waals surface area contributed by atoms with Crippen molar-refractivity contribution in [3.05, 3.63) is 29.8 Å². The van der Waals surface area contributed by atoms with Crippen molar-refractivity contribution < 1.29 is 10.2 Å². The molecule has 0 radical (unpaired) electrons. The zero-order valence-corrected chi connectivity index (χ0v) is 10.4. The second-order valence-corrected chi connectivity index (χ2v) is 4.96. The smallest absolute Gasteiger partial charge is 0.0682 e. The Morgan fingerprint density at radius 2 is 1.81 bits per heavy atom. The van der Waals surface area contributed by atoms with E-state index in [1.54, 1.807) is 0 Å². The summed E-state index contributed by atoms with van der Waals surface area (Å²) in [6, 6.07) is 8.04. The Bertz CT molecular complexity index is 289. The van der Waals surface area contributed by atoms with E-state index in [0.717, 1.165) is 24.2 Å². The fourth-order valence-electron chi connectivity index (χ4n) is 1.49. The molecule has 0 heterocycles. The van der Waals surface area contributed by atoms with E-state index in [9.17, 15) is 0 Å². The summed E-state index contributed by atoms with van der Waals surface area (Å²) in [6.07, 6.45) is 4.42. The Hall–Kier alpha value is -0.510. The van der Waals surface area contributed by atoms with Gasteiger partial charge in [0.25, 0.3) is 0 Å². The quantitative estimate of drug-likeness (QED) is 0.542. The Morgan fingerprint density at radius 1 is 1.00 bits per heavy atom. The first kappa shape index (κ1) is 13.6. The Labute approximate surface area is 102 Å². The van der Waals surface area contributed by atoms with E-state index in [2.05, 4.69) is 6.07 Å². The van der Waals surface area contributed by atoms with E-state index in [1.165, 1.54) is 17.7 Å². The summed E-state index contributed by atoms with van der Waals surface area (Å²) in [5.74, 6) is 1.11. The van der Waals surface area contributed by atoms with Gasteiger partial charge in [-0.05, 0) is 36.3 Å². The molecule has 0 aromatic heterocycles. The molecule has 1 aromatic carbocycles. The molecule has 0 unspecified atom stereocenters. The fourth-order valence-corrected chi connectivity index (χ4v) is 2.48. The average Bonchev–Trinajstić information content (AvgIpc) is 2.34. The zero-order valence-electron chi connectivity index (χ0n) is 9.56. The van der Waals surface area contributed by atoms with Gasteiger partial charge in [0.15, 0.2) is 0 Å². The van der Waals surface area contributed by atoms with Crippen molar-refractivity contribution in [1.29, 1.82) is 0 Å². The van der Waals surface area contributed by atoms with E-state index in [0.29, 0.717) is 6.61 Å². The Balaban J connectivity index is 2.16. The second-order valence-electron chi connectivity index (χ2n) is 3.79. The zero-order chi connectivity index (χ0) is 11.6. The van der Waals surface area contributed by atoms with Crippen molar-refractivity contribution in [2.24, 2.45) is 0 Å². The highest BCUT2D eigenvalue weighted by Crippen LogP contribution is 2.20. The van der Waals surface area contributed by atoms with Crippen molar-refractivity contribution in [3.63, 3.8) is 0 Å². The van der Waals surface area contributed by atoms with Crippen LogP contribution in [0.25, 0.3) is 0 Å². The lowest BCUT2D eigenvalue weighted by Crippen LogP contribution is -1.86. The second kappa shape index (κ2) is 8.62. The molecule has 0 aliphatic heterocycles. The van der Waals surface area contributed by atoms with Gasteiger partial charge in [0.1, 0.15) is 0 Å². The predicted molar refractivity (Wildman–Crippen MR) is 68.6 cm³/mol.